The van der Waals surface area contributed by atoms with Crippen molar-refractivity contribution >= 4 is 0 Å². The van der Waals surface area contributed by atoms with Crippen LogP contribution in [-0.2, 0) is 13.0 Å². The maximum atomic E-state index is 5.37. The number of hydrogen-bond acceptors (Lipinski definition) is 5. The fourth-order valence-corrected chi connectivity index (χ4v) is 1.51. The van der Waals surface area contributed by atoms with Gasteiger partial charge < -0.3 is 15.6 Å². The third-order valence-electron chi connectivity index (χ3n) is 2.31. The lowest BCUT2D eigenvalue weighted by molar-refractivity contribution is 0.364. The zero-order chi connectivity index (χ0) is 11.9. The number of rotatable bonds is 6. The molecule has 0 bridgehead atoms. The van der Waals surface area contributed by atoms with Gasteiger partial charge in [0.05, 0.1) is 6.54 Å². The largest absolute Gasteiger partial charge is 0.338 e. The summed E-state index contributed by atoms with van der Waals surface area (Å²) >= 11 is 0. The standard InChI is InChI=1S/C12H16N4O/c13-6-7-14-9-12-15-11(16-17-12)8-10-4-2-1-3-5-10/h1-5,14H,6-9,13H2. The molecule has 2 rings (SSSR count). The second kappa shape index (κ2) is 6.12. The molecule has 0 atom stereocenters. The minimum absolute atomic E-state index is 0.568. The summed E-state index contributed by atoms with van der Waals surface area (Å²) in [4.78, 5) is 4.30. The van der Waals surface area contributed by atoms with E-state index < -0.39 is 0 Å². The number of hydrogen-bond donors (Lipinski definition) is 2. The Morgan fingerprint density at radius 3 is 2.82 bits per heavy atom. The van der Waals surface area contributed by atoms with E-state index in [1.54, 1.807) is 0 Å². The van der Waals surface area contributed by atoms with Crippen LogP contribution in [0.3, 0.4) is 0 Å². The third kappa shape index (κ3) is 3.65. The molecule has 0 fully saturated rings. The van der Waals surface area contributed by atoms with E-state index >= 15 is 0 Å². The molecule has 0 aliphatic rings. The zero-order valence-corrected chi connectivity index (χ0v) is 9.60. The maximum Gasteiger partial charge on any atom is 0.240 e. The van der Waals surface area contributed by atoms with Crippen molar-refractivity contribution in [1.29, 1.82) is 0 Å². The van der Waals surface area contributed by atoms with Crippen LogP contribution in [0.4, 0.5) is 0 Å². The Morgan fingerprint density at radius 1 is 1.24 bits per heavy atom. The molecular weight excluding hydrogens is 216 g/mol. The van der Waals surface area contributed by atoms with Crippen molar-refractivity contribution in [3.63, 3.8) is 0 Å². The lowest BCUT2D eigenvalue weighted by atomic mass is 10.1. The van der Waals surface area contributed by atoms with Crippen LogP contribution < -0.4 is 11.1 Å². The molecule has 0 saturated heterocycles. The fourth-order valence-electron chi connectivity index (χ4n) is 1.51. The van der Waals surface area contributed by atoms with Crippen molar-refractivity contribution < 1.29 is 4.52 Å². The van der Waals surface area contributed by atoms with Gasteiger partial charge in [0.25, 0.3) is 0 Å². The molecule has 2 aromatic rings. The lowest BCUT2D eigenvalue weighted by Gasteiger charge is -1.96. The van der Waals surface area contributed by atoms with Gasteiger partial charge in [0, 0.05) is 19.5 Å². The quantitative estimate of drug-likeness (QED) is 0.717. The van der Waals surface area contributed by atoms with Crippen LogP contribution in [0.15, 0.2) is 34.9 Å². The molecule has 1 heterocycles. The van der Waals surface area contributed by atoms with Gasteiger partial charge >= 0.3 is 0 Å². The molecule has 0 spiro atoms. The normalized spacial score (nSPS) is 10.6. The van der Waals surface area contributed by atoms with E-state index in [0.717, 1.165) is 6.54 Å². The van der Waals surface area contributed by atoms with E-state index in [4.69, 9.17) is 10.3 Å². The van der Waals surface area contributed by atoms with Crippen LogP contribution in [0.25, 0.3) is 0 Å². The van der Waals surface area contributed by atoms with Crippen LogP contribution >= 0.6 is 0 Å². The van der Waals surface area contributed by atoms with Crippen LogP contribution in [0.1, 0.15) is 17.3 Å². The Morgan fingerprint density at radius 2 is 2.06 bits per heavy atom. The highest BCUT2D eigenvalue weighted by molar-refractivity contribution is 5.18. The van der Waals surface area contributed by atoms with Gasteiger partial charge in [-0.3, -0.25) is 0 Å². The highest BCUT2D eigenvalue weighted by atomic mass is 16.5. The summed E-state index contributed by atoms with van der Waals surface area (Å²) in [5.74, 6) is 1.31. The van der Waals surface area contributed by atoms with Gasteiger partial charge in [-0.1, -0.05) is 35.5 Å². The molecule has 5 heteroatoms. The molecule has 0 unspecified atom stereocenters. The third-order valence-corrected chi connectivity index (χ3v) is 2.31. The molecule has 0 saturated carbocycles. The molecule has 0 radical (unpaired) electrons. The van der Waals surface area contributed by atoms with E-state index in [1.165, 1.54) is 5.56 Å². The Kier molecular flexibility index (Phi) is 4.23. The van der Waals surface area contributed by atoms with E-state index in [-0.39, 0.29) is 0 Å². The van der Waals surface area contributed by atoms with Crippen LogP contribution in [0.5, 0.6) is 0 Å². The van der Waals surface area contributed by atoms with Crippen molar-refractivity contribution in [3.05, 3.63) is 47.6 Å². The fraction of sp³-hybridized carbons (Fsp3) is 0.333. The monoisotopic (exact) mass is 232 g/mol. The molecule has 1 aromatic carbocycles. The van der Waals surface area contributed by atoms with E-state index in [1.807, 2.05) is 30.3 Å². The minimum Gasteiger partial charge on any atom is -0.338 e. The van der Waals surface area contributed by atoms with Gasteiger partial charge in [0.1, 0.15) is 0 Å². The first-order valence-corrected chi connectivity index (χ1v) is 5.64. The summed E-state index contributed by atoms with van der Waals surface area (Å²) in [7, 11) is 0. The second-order valence-electron chi connectivity index (χ2n) is 3.73. The Bertz CT molecular complexity index is 441. The molecule has 1 aromatic heterocycles. The highest BCUT2D eigenvalue weighted by Crippen LogP contribution is 2.06. The summed E-state index contributed by atoms with van der Waals surface area (Å²) in [6.07, 6.45) is 0.696. The first-order chi connectivity index (χ1) is 8.38. The summed E-state index contributed by atoms with van der Waals surface area (Å²) in [6, 6.07) is 10.1. The van der Waals surface area contributed by atoms with Crippen molar-refractivity contribution in [1.82, 2.24) is 15.5 Å². The van der Waals surface area contributed by atoms with Gasteiger partial charge in [0.2, 0.25) is 5.89 Å². The lowest BCUT2D eigenvalue weighted by Crippen LogP contribution is -2.21. The van der Waals surface area contributed by atoms with Gasteiger partial charge in [0.15, 0.2) is 5.82 Å². The smallest absolute Gasteiger partial charge is 0.240 e. The Balaban J connectivity index is 1.90. The number of nitrogens with two attached hydrogens (primary N) is 1. The SMILES string of the molecule is NCCNCc1nc(Cc2ccccc2)no1. The first-order valence-electron chi connectivity index (χ1n) is 5.64. The average molecular weight is 232 g/mol. The summed E-state index contributed by atoms with van der Waals surface area (Å²) in [5, 5.41) is 7.04. The second-order valence-corrected chi connectivity index (χ2v) is 3.73. The maximum absolute atomic E-state index is 5.37. The molecule has 5 nitrogen and oxygen atoms in total. The van der Waals surface area contributed by atoms with Gasteiger partial charge in [-0.25, -0.2) is 0 Å². The van der Waals surface area contributed by atoms with Gasteiger partial charge in [-0.2, -0.15) is 4.98 Å². The van der Waals surface area contributed by atoms with Gasteiger partial charge in [-0.15, -0.1) is 0 Å². The molecular formula is C12H16N4O. The minimum atomic E-state index is 0.568. The first kappa shape index (κ1) is 11.8. The van der Waals surface area contributed by atoms with Crippen LogP contribution in [0, 0.1) is 0 Å². The number of benzene rings is 1. The Hall–Kier alpha value is -1.72. The highest BCUT2D eigenvalue weighted by Gasteiger charge is 2.06. The Labute approximate surface area is 100 Å². The molecule has 17 heavy (non-hydrogen) atoms. The molecule has 0 aliphatic carbocycles. The van der Waals surface area contributed by atoms with E-state index in [2.05, 4.69) is 15.5 Å². The average Bonchev–Trinajstić information content (AvgIpc) is 2.79. The summed E-state index contributed by atoms with van der Waals surface area (Å²) in [6.45, 7) is 1.92. The van der Waals surface area contributed by atoms with Crippen molar-refractivity contribution in [2.75, 3.05) is 13.1 Å². The number of nitrogens with zero attached hydrogens (tertiary/aromatic N) is 2. The molecule has 90 valence electrons. The zero-order valence-electron chi connectivity index (χ0n) is 9.60. The van der Waals surface area contributed by atoms with Crippen molar-refractivity contribution in [3.8, 4) is 0 Å². The number of aromatic nitrogens is 2. The number of nitrogens with one attached hydrogen (secondary N) is 1. The van der Waals surface area contributed by atoms with Gasteiger partial charge in [-0.05, 0) is 5.56 Å². The predicted octanol–water partition coefficient (Wildman–Crippen LogP) is 0.709. The van der Waals surface area contributed by atoms with E-state index in [9.17, 15) is 0 Å². The molecule has 3 N–H and O–H groups in total. The van der Waals surface area contributed by atoms with Crippen LogP contribution in [0.2, 0.25) is 0 Å². The summed E-state index contributed by atoms with van der Waals surface area (Å²) < 4.78 is 5.12. The van der Waals surface area contributed by atoms with Crippen molar-refractivity contribution in [2.45, 2.75) is 13.0 Å². The topological polar surface area (TPSA) is 77.0 Å². The van der Waals surface area contributed by atoms with Crippen LogP contribution in [-0.4, -0.2) is 23.2 Å². The predicted molar refractivity (Wildman–Crippen MR) is 64.3 cm³/mol. The van der Waals surface area contributed by atoms with E-state index in [0.29, 0.717) is 31.2 Å². The molecule has 0 amide bonds. The molecule has 0 aliphatic heterocycles. The summed E-state index contributed by atoms with van der Waals surface area (Å²) in [5.41, 5.74) is 6.55. The van der Waals surface area contributed by atoms with Crippen molar-refractivity contribution in [2.24, 2.45) is 5.73 Å².